The molecule has 1 N–H and O–H groups in total. The Balaban J connectivity index is 2.49. The number of benzene rings is 1. The molecule has 16 heavy (non-hydrogen) atoms. The number of methoxy groups -OCH3 is 1. The van der Waals surface area contributed by atoms with Gasteiger partial charge in [-0.05, 0) is 40.0 Å². The monoisotopic (exact) mass is 305 g/mol. The Morgan fingerprint density at radius 1 is 1.56 bits per heavy atom. The summed E-state index contributed by atoms with van der Waals surface area (Å²) in [7, 11) is 1.63. The standard InChI is InChI=1S/C11H13BrClNO2/c1-16-10-3-2-8(6-9(10)12)4-5-14-11(15)7-13/h2-3,6H,4-5,7H2,1H3,(H,14,15). The van der Waals surface area contributed by atoms with Crippen LogP contribution in [0.25, 0.3) is 0 Å². The minimum absolute atomic E-state index is 0.00626. The summed E-state index contributed by atoms with van der Waals surface area (Å²) < 4.78 is 6.04. The fourth-order valence-corrected chi connectivity index (χ4v) is 1.94. The lowest BCUT2D eigenvalue weighted by Crippen LogP contribution is -2.26. The Kier molecular flexibility index (Phi) is 5.63. The van der Waals surface area contributed by atoms with Crippen molar-refractivity contribution < 1.29 is 9.53 Å². The maximum absolute atomic E-state index is 10.9. The highest BCUT2D eigenvalue weighted by atomic mass is 79.9. The minimum Gasteiger partial charge on any atom is -0.496 e. The van der Waals surface area contributed by atoms with Crippen LogP contribution in [0.15, 0.2) is 22.7 Å². The molecule has 0 saturated heterocycles. The molecule has 0 spiro atoms. The molecular weight excluding hydrogens is 293 g/mol. The van der Waals surface area contributed by atoms with Crippen LogP contribution in [0.5, 0.6) is 5.75 Å². The third-order valence-electron chi connectivity index (χ3n) is 2.07. The quantitative estimate of drug-likeness (QED) is 0.848. The molecule has 0 heterocycles. The van der Waals surface area contributed by atoms with Crippen molar-refractivity contribution in [2.45, 2.75) is 6.42 Å². The molecule has 0 atom stereocenters. The molecule has 0 bridgehead atoms. The molecule has 0 aliphatic rings. The van der Waals surface area contributed by atoms with Crippen molar-refractivity contribution >= 4 is 33.4 Å². The van der Waals surface area contributed by atoms with E-state index in [0.717, 1.165) is 22.2 Å². The van der Waals surface area contributed by atoms with E-state index in [9.17, 15) is 4.79 Å². The van der Waals surface area contributed by atoms with E-state index in [1.807, 2.05) is 18.2 Å². The van der Waals surface area contributed by atoms with Crippen LogP contribution in [0.2, 0.25) is 0 Å². The van der Waals surface area contributed by atoms with Gasteiger partial charge < -0.3 is 10.1 Å². The van der Waals surface area contributed by atoms with E-state index in [1.54, 1.807) is 7.11 Å². The van der Waals surface area contributed by atoms with Gasteiger partial charge in [0.25, 0.3) is 0 Å². The molecule has 0 aliphatic heterocycles. The van der Waals surface area contributed by atoms with Gasteiger partial charge in [-0.2, -0.15) is 0 Å². The SMILES string of the molecule is COc1ccc(CCNC(=O)CCl)cc1Br. The second kappa shape index (κ2) is 6.76. The van der Waals surface area contributed by atoms with Crippen molar-refractivity contribution in [3.05, 3.63) is 28.2 Å². The number of amides is 1. The first-order valence-electron chi connectivity index (χ1n) is 4.82. The second-order valence-electron chi connectivity index (χ2n) is 3.20. The molecule has 3 nitrogen and oxygen atoms in total. The molecule has 0 saturated carbocycles. The largest absolute Gasteiger partial charge is 0.496 e. The predicted molar refractivity (Wildman–Crippen MR) is 68.1 cm³/mol. The molecule has 0 fully saturated rings. The number of alkyl halides is 1. The molecule has 1 aromatic carbocycles. The fourth-order valence-electron chi connectivity index (χ4n) is 1.26. The highest BCUT2D eigenvalue weighted by Crippen LogP contribution is 2.25. The number of ether oxygens (including phenoxy) is 1. The molecule has 1 aromatic rings. The highest BCUT2D eigenvalue weighted by molar-refractivity contribution is 9.10. The van der Waals surface area contributed by atoms with Crippen LogP contribution in [0.1, 0.15) is 5.56 Å². The number of rotatable bonds is 5. The van der Waals surface area contributed by atoms with Gasteiger partial charge in [-0.1, -0.05) is 6.07 Å². The van der Waals surface area contributed by atoms with E-state index in [2.05, 4.69) is 21.2 Å². The smallest absolute Gasteiger partial charge is 0.234 e. The first-order chi connectivity index (χ1) is 7.67. The Hall–Kier alpha value is -0.740. The molecule has 0 aromatic heterocycles. The number of halogens is 2. The number of nitrogens with one attached hydrogen (secondary N) is 1. The van der Waals surface area contributed by atoms with Gasteiger partial charge in [0.15, 0.2) is 0 Å². The zero-order valence-electron chi connectivity index (χ0n) is 8.93. The van der Waals surface area contributed by atoms with E-state index in [1.165, 1.54) is 0 Å². The third-order valence-corrected chi connectivity index (χ3v) is 2.94. The van der Waals surface area contributed by atoms with Crippen molar-refractivity contribution in [1.82, 2.24) is 5.32 Å². The number of carbonyl (C=O) groups is 1. The number of carbonyl (C=O) groups excluding carboxylic acids is 1. The zero-order valence-corrected chi connectivity index (χ0v) is 11.3. The zero-order chi connectivity index (χ0) is 12.0. The van der Waals surface area contributed by atoms with E-state index in [4.69, 9.17) is 16.3 Å². The minimum atomic E-state index is -0.144. The van der Waals surface area contributed by atoms with Gasteiger partial charge in [0.05, 0.1) is 11.6 Å². The summed E-state index contributed by atoms with van der Waals surface area (Å²) in [5.41, 5.74) is 1.13. The summed E-state index contributed by atoms with van der Waals surface area (Å²) in [6.45, 7) is 0.588. The Bertz CT molecular complexity index is 371. The molecular formula is C11H13BrClNO2. The van der Waals surface area contributed by atoms with E-state index in [0.29, 0.717) is 6.54 Å². The number of hydrogen-bond acceptors (Lipinski definition) is 2. The molecule has 0 radical (unpaired) electrons. The summed E-state index contributed by atoms with van der Waals surface area (Å²) in [5.74, 6) is 0.662. The van der Waals surface area contributed by atoms with E-state index < -0.39 is 0 Å². The van der Waals surface area contributed by atoms with Crippen molar-refractivity contribution in [2.24, 2.45) is 0 Å². The third kappa shape index (κ3) is 4.02. The normalized spacial score (nSPS) is 9.94. The topological polar surface area (TPSA) is 38.3 Å². The van der Waals surface area contributed by atoms with Gasteiger partial charge in [-0.25, -0.2) is 0 Å². The van der Waals surface area contributed by atoms with Crippen LogP contribution < -0.4 is 10.1 Å². The first kappa shape index (κ1) is 13.3. The second-order valence-corrected chi connectivity index (χ2v) is 4.32. The van der Waals surface area contributed by atoms with Gasteiger partial charge in [0.2, 0.25) is 5.91 Å². The van der Waals surface area contributed by atoms with Crippen LogP contribution in [0, 0.1) is 0 Å². The van der Waals surface area contributed by atoms with E-state index in [-0.39, 0.29) is 11.8 Å². The Morgan fingerprint density at radius 3 is 2.88 bits per heavy atom. The Morgan fingerprint density at radius 2 is 2.31 bits per heavy atom. The summed E-state index contributed by atoms with van der Waals surface area (Å²) in [4.78, 5) is 10.9. The highest BCUT2D eigenvalue weighted by Gasteiger charge is 2.02. The maximum Gasteiger partial charge on any atom is 0.234 e. The van der Waals surface area contributed by atoms with E-state index >= 15 is 0 Å². The molecule has 88 valence electrons. The van der Waals surface area contributed by atoms with Crippen LogP contribution in [0.3, 0.4) is 0 Å². The summed E-state index contributed by atoms with van der Waals surface area (Å²) in [6.07, 6.45) is 0.769. The van der Waals surface area contributed by atoms with Crippen LogP contribution in [0.4, 0.5) is 0 Å². The van der Waals surface area contributed by atoms with Crippen molar-refractivity contribution in [2.75, 3.05) is 19.5 Å². The average molecular weight is 307 g/mol. The lowest BCUT2D eigenvalue weighted by Gasteiger charge is -2.07. The number of hydrogen-bond donors (Lipinski definition) is 1. The van der Waals surface area contributed by atoms with Crippen molar-refractivity contribution in [3.63, 3.8) is 0 Å². The van der Waals surface area contributed by atoms with Gasteiger partial charge in [-0.15, -0.1) is 11.6 Å². The van der Waals surface area contributed by atoms with Gasteiger partial charge in [0, 0.05) is 6.54 Å². The maximum atomic E-state index is 10.9. The summed E-state index contributed by atoms with van der Waals surface area (Å²) in [5, 5.41) is 2.71. The lowest BCUT2D eigenvalue weighted by molar-refractivity contribution is -0.118. The van der Waals surface area contributed by atoms with Crippen molar-refractivity contribution in [1.29, 1.82) is 0 Å². The Labute approximate surface area is 108 Å². The average Bonchev–Trinajstić information content (AvgIpc) is 2.29. The lowest BCUT2D eigenvalue weighted by atomic mass is 10.1. The van der Waals surface area contributed by atoms with Crippen molar-refractivity contribution in [3.8, 4) is 5.75 Å². The van der Waals surface area contributed by atoms with Crippen LogP contribution in [-0.4, -0.2) is 25.4 Å². The molecule has 1 amide bonds. The molecule has 0 unspecified atom stereocenters. The predicted octanol–water partition coefficient (Wildman–Crippen LogP) is 2.36. The molecule has 5 heteroatoms. The summed E-state index contributed by atoms with van der Waals surface area (Å²) in [6, 6.07) is 5.84. The van der Waals surface area contributed by atoms with Gasteiger partial charge >= 0.3 is 0 Å². The molecule has 1 rings (SSSR count). The fraction of sp³-hybridized carbons (Fsp3) is 0.364. The molecule has 0 aliphatic carbocycles. The first-order valence-corrected chi connectivity index (χ1v) is 6.15. The van der Waals surface area contributed by atoms with Gasteiger partial charge in [-0.3, -0.25) is 4.79 Å². The van der Waals surface area contributed by atoms with Crippen LogP contribution >= 0.6 is 27.5 Å². The summed E-state index contributed by atoms with van der Waals surface area (Å²) >= 11 is 8.77. The van der Waals surface area contributed by atoms with Crippen LogP contribution in [-0.2, 0) is 11.2 Å². The van der Waals surface area contributed by atoms with Gasteiger partial charge in [0.1, 0.15) is 11.6 Å².